The molecule has 5 nitrogen and oxygen atoms in total. The Hall–Kier alpha value is -2.99. The van der Waals surface area contributed by atoms with Crippen LogP contribution in [0, 0.1) is 6.92 Å². The van der Waals surface area contributed by atoms with Crippen LogP contribution >= 0.6 is 11.8 Å². The van der Waals surface area contributed by atoms with Crippen LogP contribution < -0.4 is 0 Å². The first-order valence-corrected chi connectivity index (χ1v) is 10.9. The van der Waals surface area contributed by atoms with Crippen molar-refractivity contribution >= 4 is 11.8 Å². The molecule has 0 N–H and O–H groups in total. The minimum Gasteiger partial charge on any atom is -0.269 e. The Morgan fingerprint density at radius 3 is 2.27 bits per heavy atom. The van der Waals surface area contributed by atoms with Crippen LogP contribution in [-0.2, 0) is 11.2 Å². The van der Waals surface area contributed by atoms with Gasteiger partial charge in [-0.3, -0.25) is 9.55 Å². The van der Waals surface area contributed by atoms with E-state index in [9.17, 15) is 0 Å². The van der Waals surface area contributed by atoms with E-state index in [1.165, 1.54) is 16.7 Å². The van der Waals surface area contributed by atoms with E-state index in [1.54, 1.807) is 30.4 Å². The number of nitrogens with zero attached hydrogens (tertiary/aromatic N) is 5. The molecule has 2 heterocycles. The van der Waals surface area contributed by atoms with E-state index >= 15 is 0 Å². The third kappa shape index (κ3) is 4.44. The zero-order valence-electron chi connectivity index (χ0n) is 17.7. The highest BCUT2D eigenvalue weighted by Gasteiger charge is 2.18. The predicted molar refractivity (Wildman–Crippen MR) is 122 cm³/mol. The smallest absolute Gasteiger partial charge is 0.196 e. The number of aromatic nitrogens is 5. The summed E-state index contributed by atoms with van der Waals surface area (Å²) in [4.78, 5) is 8.61. The van der Waals surface area contributed by atoms with E-state index in [1.807, 2.05) is 0 Å². The normalized spacial score (nSPS) is 11.6. The fourth-order valence-corrected chi connectivity index (χ4v) is 4.03. The standard InChI is InChI=1S/C24H25N5S/c1-17-5-11-20(12-6-17)29-22(21-15-25-13-14-26-21)27-28-23(29)30-16-18-7-9-19(10-8-18)24(2,3)4/h5-15H,16H2,1-4H3. The van der Waals surface area contributed by atoms with Crippen molar-refractivity contribution in [3.8, 4) is 17.2 Å². The van der Waals surface area contributed by atoms with Gasteiger partial charge in [-0.1, -0.05) is 74.5 Å². The van der Waals surface area contributed by atoms with E-state index in [0.717, 1.165) is 16.6 Å². The minimum absolute atomic E-state index is 0.156. The molecule has 2 aromatic heterocycles. The Kier molecular flexibility index (Phi) is 5.68. The fraction of sp³-hybridized carbons (Fsp3) is 0.250. The molecule has 0 aliphatic carbocycles. The second kappa shape index (κ2) is 8.40. The second-order valence-electron chi connectivity index (χ2n) is 8.30. The van der Waals surface area contributed by atoms with Crippen LogP contribution in [0.25, 0.3) is 17.2 Å². The van der Waals surface area contributed by atoms with Crippen molar-refractivity contribution in [1.82, 2.24) is 24.7 Å². The Morgan fingerprint density at radius 2 is 1.63 bits per heavy atom. The average Bonchev–Trinajstić information content (AvgIpc) is 3.17. The third-order valence-corrected chi connectivity index (χ3v) is 5.91. The first-order valence-electron chi connectivity index (χ1n) is 9.93. The first kappa shape index (κ1) is 20.3. The number of hydrogen-bond acceptors (Lipinski definition) is 5. The molecule has 6 heteroatoms. The summed E-state index contributed by atoms with van der Waals surface area (Å²) in [6.07, 6.45) is 5.05. The summed E-state index contributed by atoms with van der Waals surface area (Å²) < 4.78 is 2.05. The largest absolute Gasteiger partial charge is 0.269 e. The summed E-state index contributed by atoms with van der Waals surface area (Å²) in [6.45, 7) is 8.77. The summed E-state index contributed by atoms with van der Waals surface area (Å²) in [5.41, 5.74) is 5.67. The van der Waals surface area contributed by atoms with Crippen LogP contribution in [0.1, 0.15) is 37.5 Å². The summed E-state index contributed by atoms with van der Waals surface area (Å²) >= 11 is 1.67. The highest BCUT2D eigenvalue weighted by Crippen LogP contribution is 2.30. The van der Waals surface area contributed by atoms with Crippen molar-refractivity contribution in [1.29, 1.82) is 0 Å². The van der Waals surface area contributed by atoms with Crippen molar-refractivity contribution < 1.29 is 0 Å². The molecule has 0 atom stereocenters. The third-order valence-electron chi connectivity index (χ3n) is 4.91. The zero-order chi connectivity index (χ0) is 21.1. The van der Waals surface area contributed by atoms with Crippen LogP contribution in [-0.4, -0.2) is 24.7 Å². The molecule has 0 spiro atoms. The molecule has 0 amide bonds. The van der Waals surface area contributed by atoms with Gasteiger partial charge in [0.2, 0.25) is 0 Å². The van der Waals surface area contributed by atoms with E-state index in [4.69, 9.17) is 0 Å². The molecule has 0 fully saturated rings. The molecule has 4 aromatic rings. The van der Waals surface area contributed by atoms with Crippen molar-refractivity contribution in [3.05, 3.63) is 83.8 Å². The van der Waals surface area contributed by atoms with Crippen LogP contribution in [0.3, 0.4) is 0 Å². The molecule has 0 radical (unpaired) electrons. The molecule has 2 aromatic carbocycles. The average molecular weight is 416 g/mol. The molecule has 0 bridgehead atoms. The fourth-order valence-electron chi connectivity index (χ4n) is 3.12. The van der Waals surface area contributed by atoms with Gasteiger partial charge in [-0.15, -0.1) is 10.2 Å². The van der Waals surface area contributed by atoms with Gasteiger partial charge in [0, 0.05) is 23.8 Å². The second-order valence-corrected chi connectivity index (χ2v) is 9.25. The van der Waals surface area contributed by atoms with Crippen molar-refractivity contribution in [3.63, 3.8) is 0 Å². The molecular weight excluding hydrogens is 390 g/mol. The van der Waals surface area contributed by atoms with Crippen molar-refractivity contribution in [2.24, 2.45) is 0 Å². The predicted octanol–water partition coefficient (Wildman–Crippen LogP) is 5.62. The van der Waals surface area contributed by atoms with Crippen LogP contribution in [0.2, 0.25) is 0 Å². The van der Waals surface area contributed by atoms with E-state index in [-0.39, 0.29) is 5.41 Å². The van der Waals surface area contributed by atoms with Crippen LogP contribution in [0.15, 0.2) is 72.3 Å². The SMILES string of the molecule is Cc1ccc(-n2c(SCc3ccc(C(C)(C)C)cc3)nnc2-c2cnccn2)cc1. The molecule has 0 saturated carbocycles. The number of thioether (sulfide) groups is 1. The summed E-state index contributed by atoms with van der Waals surface area (Å²) in [5.74, 6) is 1.51. The molecule has 4 rings (SSSR count). The maximum atomic E-state index is 4.47. The van der Waals surface area contributed by atoms with E-state index in [2.05, 4.69) is 101 Å². The lowest BCUT2D eigenvalue weighted by molar-refractivity contribution is 0.590. The van der Waals surface area contributed by atoms with Gasteiger partial charge in [0.25, 0.3) is 0 Å². The van der Waals surface area contributed by atoms with Gasteiger partial charge in [-0.25, -0.2) is 4.98 Å². The van der Waals surface area contributed by atoms with Gasteiger partial charge in [0.15, 0.2) is 11.0 Å². The Balaban J connectivity index is 1.65. The van der Waals surface area contributed by atoms with Gasteiger partial charge in [-0.2, -0.15) is 0 Å². The summed E-state index contributed by atoms with van der Waals surface area (Å²) in [6, 6.07) is 17.2. The van der Waals surface area contributed by atoms with Gasteiger partial charge < -0.3 is 0 Å². The van der Waals surface area contributed by atoms with Gasteiger partial charge >= 0.3 is 0 Å². The molecule has 0 aliphatic rings. The van der Waals surface area contributed by atoms with Gasteiger partial charge in [-0.05, 0) is 35.6 Å². The molecule has 152 valence electrons. The van der Waals surface area contributed by atoms with Crippen molar-refractivity contribution in [2.45, 2.75) is 44.0 Å². The maximum Gasteiger partial charge on any atom is 0.196 e. The van der Waals surface area contributed by atoms with Crippen LogP contribution in [0.4, 0.5) is 0 Å². The minimum atomic E-state index is 0.156. The molecular formula is C24H25N5S. The zero-order valence-corrected chi connectivity index (χ0v) is 18.5. The molecule has 0 unspecified atom stereocenters. The lowest BCUT2D eigenvalue weighted by Crippen LogP contribution is -2.10. The summed E-state index contributed by atoms with van der Waals surface area (Å²) in [7, 11) is 0. The van der Waals surface area contributed by atoms with Crippen molar-refractivity contribution in [2.75, 3.05) is 0 Å². The Morgan fingerprint density at radius 1 is 0.900 bits per heavy atom. The molecule has 0 aliphatic heterocycles. The monoisotopic (exact) mass is 415 g/mol. The summed E-state index contributed by atoms with van der Waals surface area (Å²) in [5, 5.41) is 9.74. The molecule has 0 saturated heterocycles. The number of hydrogen-bond donors (Lipinski definition) is 0. The molecule has 30 heavy (non-hydrogen) atoms. The highest BCUT2D eigenvalue weighted by molar-refractivity contribution is 7.98. The highest BCUT2D eigenvalue weighted by atomic mass is 32.2. The first-order chi connectivity index (χ1) is 14.4. The maximum absolute atomic E-state index is 4.47. The topological polar surface area (TPSA) is 56.5 Å². The van der Waals surface area contributed by atoms with E-state index in [0.29, 0.717) is 11.5 Å². The van der Waals surface area contributed by atoms with Gasteiger partial charge in [0.1, 0.15) is 5.69 Å². The number of benzene rings is 2. The lowest BCUT2D eigenvalue weighted by atomic mass is 9.87. The quantitative estimate of drug-likeness (QED) is 0.396. The van der Waals surface area contributed by atoms with Crippen LogP contribution in [0.5, 0.6) is 0 Å². The number of aryl methyl sites for hydroxylation is 1. The number of rotatable bonds is 5. The Bertz CT molecular complexity index is 1110. The lowest BCUT2D eigenvalue weighted by Gasteiger charge is -2.19. The van der Waals surface area contributed by atoms with Gasteiger partial charge in [0.05, 0.1) is 6.20 Å². The Labute approximate surface area is 181 Å². The van der Waals surface area contributed by atoms with E-state index < -0.39 is 0 Å².